The molecule has 0 bridgehead atoms. The van der Waals surface area contributed by atoms with E-state index in [9.17, 15) is 4.79 Å². The molecule has 4 aromatic rings. The molecule has 0 N–H and O–H groups in total. The van der Waals surface area contributed by atoms with Gasteiger partial charge in [0.05, 0.1) is 24.5 Å². The van der Waals surface area contributed by atoms with Crippen molar-refractivity contribution in [2.75, 3.05) is 0 Å². The average Bonchev–Trinajstić information content (AvgIpc) is 3.53. The second kappa shape index (κ2) is 7.03. The Morgan fingerprint density at radius 1 is 0.967 bits per heavy atom. The van der Waals surface area contributed by atoms with E-state index in [4.69, 9.17) is 4.42 Å². The summed E-state index contributed by atoms with van der Waals surface area (Å²) in [7, 11) is 0. The van der Waals surface area contributed by atoms with Crippen LogP contribution in [0.4, 0.5) is 0 Å². The maximum Gasteiger partial charge on any atom is 0.290 e. The minimum absolute atomic E-state index is 0.0646. The summed E-state index contributed by atoms with van der Waals surface area (Å²) in [6, 6.07) is 17.9. The fraction of sp³-hybridized carbons (Fsp3) is 0.240. The zero-order valence-corrected chi connectivity index (χ0v) is 17.4. The van der Waals surface area contributed by atoms with Crippen LogP contribution in [-0.2, 0) is 19.4 Å². The molecule has 2 aliphatic rings. The van der Waals surface area contributed by atoms with Crippen LogP contribution in [0, 0.1) is 0 Å². The molecular formula is C25H22N2O2S. The van der Waals surface area contributed by atoms with Crippen molar-refractivity contribution >= 4 is 17.2 Å². The highest BCUT2D eigenvalue weighted by Crippen LogP contribution is 2.44. The molecule has 6 rings (SSSR count). The highest BCUT2D eigenvalue weighted by Gasteiger charge is 2.36. The number of nitrogens with zero attached hydrogens (tertiary/aromatic N) is 2. The van der Waals surface area contributed by atoms with Crippen molar-refractivity contribution in [2.24, 2.45) is 0 Å². The molecule has 5 heteroatoms. The second-order valence-electron chi connectivity index (χ2n) is 8.02. The maximum absolute atomic E-state index is 13.7. The van der Waals surface area contributed by atoms with Crippen molar-refractivity contribution in [2.45, 2.75) is 38.3 Å². The van der Waals surface area contributed by atoms with Crippen molar-refractivity contribution in [1.29, 1.82) is 0 Å². The number of hydrogen-bond donors (Lipinski definition) is 0. The van der Waals surface area contributed by atoms with E-state index in [-0.39, 0.29) is 11.9 Å². The van der Waals surface area contributed by atoms with Gasteiger partial charge >= 0.3 is 0 Å². The molecule has 0 saturated carbocycles. The molecular weight excluding hydrogens is 392 g/mol. The minimum Gasteiger partial charge on any atom is -0.459 e. The quantitative estimate of drug-likeness (QED) is 0.418. The molecule has 0 spiro atoms. The average molecular weight is 415 g/mol. The third-order valence-electron chi connectivity index (χ3n) is 6.29. The third-order valence-corrected chi connectivity index (χ3v) is 7.62. The predicted octanol–water partition coefficient (Wildman–Crippen LogP) is 5.76. The summed E-state index contributed by atoms with van der Waals surface area (Å²) in [6.45, 7) is 0.599. The lowest BCUT2D eigenvalue weighted by atomic mass is 9.95. The van der Waals surface area contributed by atoms with Crippen molar-refractivity contribution in [3.05, 3.63) is 100 Å². The highest BCUT2D eigenvalue weighted by atomic mass is 32.1. The molecule has 4 heterocycles. The normalized spacial score (nSPS) is 17.7. The fourth-order valence-corrected chi connectivity index (χ4v) is 6.32. The van der Waals surface area contributed by atoms with Crippen LogP contribution < -0.4 is 0 Å². The molecule has 0 fully saturated rings. The van der Waals surface area contributed by atoms with Gasteiger partial charge in [0.1, 0.15) is 5.00 Å². The minimum atomic E-state index is -0.169. The molecule has 0 radical (unpaired) electrons. The fourth-order valence-electron chi connectivity index (χ4n) is 4.91. The van der Waals surface area contributed by atoms with E-state index >= 15 is 0 Å². The van der Waals surface area contributed by atoms with Gasteiger partial charge in [-0.15, -0.1) is 11.3 Å². The summed E-state index contributed by atoms with van der Waals surface area (Å²) < 4.78 is 7.84. The number of carbonyl (C=O) groups is 1. The van der Waals surface area contributed by atoms with Crippen LogP contribution >= 0.6 is 11.3 Å². The predicted molar refractivity (Wildman–Crippen MR) is 117 cm³/mol. The Morgan fingerprint density at radius 2 is 1.83 bits per heavy atom. The van der Waals surface area contributed by atoms with Gasteiger partial charge in [-0.3, -0.25) is 4.79 Å². The van der Waals surface area contributed by atoms with E-state index in [2.05, 4.69) is 35.0 Å². The van der Waals surface area contributed by atoms with Crippen molar-refractivity contribution in [3.8, 4) is 5.00 Å². The van der Waals surface area contributed by atoms with Gasteiger partial charge in [0.2, 0.25) is 0 Å². The lowest BCUT2D eigenvalue weighted by Crippen LogP contribution is -2.34. The van der Waals surface area contributed by atoms with Gasteiger partial charge in [-0.25, -0.2) is 0 Å². The number of carbonyl (C=O) groups excluding carboxylic acids is 1. The van der Waals surface area contributed by atoms with Crippen LogP contribution in [0.25, 0.3) is 5.00 Å². The van der Waals surface area contributed by atoms with E-state index in [0.29, 0.717) is 12.3 Å². The van der Waals surface area contributed by atoms with Crippen LogP contribution in [0.1, 0.15) is 56.7 Å². The first-order chi connectivity index (χ1) is 14.8. The van der Waals surface area contributed by atoms with Crippen molar-refractivity contribution < 1.29 is 9.21 Å². The topological polar surface area (TPSA) is 38.4 Å². The number of amides is 1. The maximum atomic E-state index is 13.7. The number of thiophene rings is 1. The molecule has 150 valence electrons. The number of furan rings is 1. The largest absolute Gasteiger partial charge is 0.459 e. The van der Waals surface area contributed by atoms with Gasteiger partial charge in [-0.1, -0.05) is 30.3 Å². The number of benzene rings is 1. The molecule has 0 unspecified atom stereocenters. The van der Waals surface area contributed by atoms with Gasteiger partial charge in [-0.05, 0) is 61.1 Å². The first kappa shape index (κ1) is 17.8. The standard InChI is InChI=1S/C25H22N2O2S/c28-24(21-12-7-15-29-21)27-16-19-18-10-4-5-13-22(18)30-25(19)26-14-6-11-20(26)23(27)17-8-2-1-3-9-17/h1-3,6-9,11-12,14-15,23H,4-5,10,13,16H2/t23-/m0/s1. The van der Waals surface area contributed by atoms with Gasteiger partial charge in [0, 0.05) is 16.6 Å². The van der Waals surface area contributed by atoms with Gasteiger partial charge in [0.15, 0.2) is 5.76 Å². The van der Waals surface area contributed by atoms with E-state index in [1.807, 2.05) is 34.4 Å². The molecule has 3 aromatic heterocycles. The van der Waals surface area contributed by atoms with Crippen LogP contribution in [0.5, 0.6) is 0 Å². The second-order valence-corrected chi connectivity index (χ2v) is 9.10. The molecule has 1 atom stereocenters. The number of rotatable bonds is 2. The molecule has 1 amide bonds. The molecule has 1 aliphatic heterocycles. The molecule has 30 heavy (non-hydrogen) atoms. The van der Waals surface area contributed by atoms with Crippen LogP contribution in [-0.4, -0.2) is 15.4 Å². The molecule has 1 aromatic carbocycles. The Kier molecular flexibility index (Phi) is 4.16. The molecule has 4 nitrogen and oxygen atoms in total. The zero-order valence-electron chi connectivity index (χ0n) is 16.6. The van der Waals surface area contributed by atoms with Crippen LogP contribution in [0.3, 0.4) is 0 Å². The van der Waals surface area contributed by atoms with Gasteiger partial charge < -0.3 is 13.9 Å². The van der Waals surface area contributed by atoms with E-state index < -0.39 is 0 Å². The van der Waals surface area contributed by atoms with Gasteiger partial charge in [0.25, 0.3) is 5.91 Å². The summed E-state index contributed by atoms with van der Waals surface area (Å²) in [6.07, 6.45) is 8.46. The number of aromatic nitrogens is 1. The van der Waals surface area contributed by atoms with Gasteiger partial charge in [-0.2, -0.15) is 0 Å². The summed E-state index contributed by atoms with van der Waals surface area (Å²) in [4.78, 5) is 17.1. The van der Waals surface area contributed by atoms with Crippen molar-refractivity contribution in [1.82, 2.24) is 9.47 Å². The summed E-state index contributed by atoms with van der Waals surface area (Å²) in [5, 5.41) is 1.28. The Balaban J connectivity index is 1.58. The first-order valence-electron chi connectivity index (χ1n) is 10.5. The van der Waals surface area contributed by atoms with E-state index in [1.54, 1.807) is 18.4 Å². The lowest BCUT2D eigenvalue weighted by molar-refractivity contribution is 0.0658. The molecule has 0 saturated heterocycles. The monoisotopic (exact) mass is 414 g/mol. The number of hydrogen-bond acceptors (Lipinski definition) is 3. The Morgan fingerprint density at radius 3 is 2.67 bits per heavy atom. The summed E-state index contributed by atoms with van der Waals surface area (Å²) in [5.74, 6) is 0.326. The molecule has 1 aliphatic carbocycles. The Bertz CT molecular complexity index is 1200. The number of aryl methyl sites for hydroxylation is 1. The SMILES string of the molecule is O=C(c1ccco1)N1Cc2c(sc3c2CCCC3)-n2cccc2[C@@H]1c1ccccc1. The summed E-state index contributed by atoms with van der Waals surface area (Å²) in [5.41, 5.74) is 5.01. The zero-order chi connectivity index (χ0) is 20.1. The lowest BCUT2D eigenvalue weighted by Gasteiger charge is -2.30. The Labute approximate surface area is 179 Å². The van der Waals surface area contributed by atoms with Crippen LogP contribution in [0.2, 0.25) is 0 Å². The first-order valence-corrected chi connectivity index (χ1v) is 11.3. The Hall–Kier alpha value is -3.05. The summed E-state index contributed by atoms with van der Waals surface area (Å²) >= 11 is 1.91. The highest BCUT2D eigenvalue weighted by molar-refractivity contribution is 7.15. The third kappa shape index (κ3) is 2.69. The van der Waals surface area contributed by atoms with Crippen molar-refractivity contribution in [3.63, 3.8) is 0 Å². The number of fused-ring (bicyclic) bond motifs is 5. The van der Waals surface area contributed by atoms with Crippen LogP contribution in [0.15, 0.2) is 71.5 Å². The van der Waals surface area contributed by atoms with E-state index in [0.717, 1.165) is 24.1 Å². The smallest absolute Gasteiger partial charge is 0.290 e. The van der Waals surface area contributed by atoms with E-state index in [1.165, 1.54) is 33.8 Å².